The predicted molar refractivity (Wildman–Crippen MR) is 61.6 cm³/mol. The Hall–Kier alpha value is -0.0600. The van der Waals surface area contributed by atoms with Gasteiger partial charge in [-0.2, -0.15) is 0 Å². The summed E-state index contributed by atoms with van der Waals surface area (Å²) in [4.78, 5) is 6.42. The van der Waals surface area contributed by atoms with Gasteiger partial charge in [-0.25, -0.2) is 4.98 Å². The minimum absolute atomic E-state index is 0.919. The normalized spacial score (nSPS) is 11.6. The maximum atomic E-state index is 3.67. The van der Waals surface area contributed by atoms with Crippen molar-refractivity contribution in [3.05, 3.63) is 18.7 Å². The second-order valence-electron chi connectivity index (χ2n) is 2.55. The number of nitrogens with one attached hydrogen (secondary N) is 1. The summed E-state index contributed by atoms with van der Waals surface area (Å²) in [5.74, 6) is 0. The van der Waals surface area contributed by atoms with Gasteiger partial charge >= 0.3 is 0 Å². The standard InChI is InChI=1S/C6H13I.C3H4N2/c1-3-5-6(7)4-2;1-2-5-3-4-1/h6H,3-5H2,1-2H3;1-3H,(H,4,5). The highest BCUT2D eigenvalue weighted by Gasteiger charge is 1.94. The summed E-state index contributed by atoms with van der Waals surface area (Å²) in [6, 6.07) is 0. The average molecular weight is 280 g/mol. The molecule has 12 heavy (non-hydrogen) atoms. The van der Waals surface area contributed by atoms with Crippen LogP contribution in [0.1, 0.15) is 33.1 Å². The third-order valence-electron chi connectivity index (χ3n) is 1.45. The van der Waals surface area contributed by atoms with E-state index in [1.54, 1.807) is 18.7 Å². The number of halogens is 1. The molecule has 1 unspecified atom stereocenters. The van der Waals surface area contributed by atoms with E-state index >= 15 is 0 Å². The Morgan fingerprint density at radius 3 is 2.42 bits per heavy atom. The van der Waals surface area contributed by atoms with Crippen LogP contribution >= 0.6 is 22.6 Å². The summed E-state index contributed by atoms with van der Waals surface area (Å²) in [5.41, 5.74) is 0. The SMILES string of the molecule is CCCC(I)CC.c1c[nH]cn1. The van der Waals surface area contributed by atoms with E-state index in [1.807, 2.05) is 0 Å². The molecule has 0 saturated carbocycles. The number of H-pyrrole nitrogens is 1. The summed E-state index contributed by atoms with van der Waals surface area (Å²) in [6.45, 7) is 4.48. The molecular weight excluding hydrogens is 263 g/mol. The van der Waals surface area contributed by atoms with E-state index in [9.17, 15) is 0 Å². The second-order valence-corrected chi connectivity index (χ2v) is 4.32. The molecule has 1 N–H and O–H groups in total. The molecule has 0 aromatic carbocycles. The van der Waals surface area contributed by atoms with Gasteiger partial charge in [-0.15, -0.1) is 0 Å². The van der Waals surface area contributed by atoms with Crippen molar-refractivity contribution in [1.29, 1.82) is 0 Å². The largest absolute Gasteiger partial charge is 0.351 e. The Morgan fingerprint density at radius 2 is 2.25 bits per heavy atom. The third kappa shape index (κ3) is 8.04. The molecule has 0 bridgehead atoms. The molecule has 1 rings (SSSR count). The first-order valence-corrected chi connectivity index (χ1v) is 5.62. The van der Waals surface area contributed by atoms with Crippen molar-refractivity contribution in [3.63, 3.8) is 0 Å². The number of aromatic nitrogens is 2. The van der Waals surface area contributed by atoms with E-state index in [0.29, 0.717) is 0 Å². The molecule has 1 aromatic rings. The van der Waals surface area contributed by atoms with Crippen molar-refractivity contribution in [1.82, 2.24) is 9.97 Å². The van der Waals surface area contributed by atoms with E-state index in [1.165, 1.54) is 19.3 Å². The maximum Gasteiger partial charge on any atom is 0.0919 e. The van der Waals surface area contributed by atoms with Crippen LogP contribution in [0.4, 0.5) is 0 Å². The van der Waals surface area contributed by atoms with Gasteiger partial charge in [0.05, 0.1) is 6.33 Å². The number of alkyl halides is 1. The minimum atomic E-state index is 0.919. The second kappa shape index (κ2) is 9.03. The molecule has 3 heteroatoms. The van der Waals surface area contributed by atoms with Gasteiger partial charge in [0, 0.05) is 16.3 Å². The molecule has 0 saturated heterocycles. The third-order valence-corrected chi connectivity index (χ3v) is 2.95. The van der Waals surface area contributed by atoms with Crippen molar-refractivity contribution in [3.8, 4) is 0 Å². The lowest BCUT2D eigenvalue weighted by Crippen LogP contribution is -1.91. The zero-order chi connectivity index (χ0) is 9.23. The first-order valence-electron chi connectivity index (χ1n) is 4.38. The lowest BCUT2D eigenvalue weighted by molar-refractivity contribution is 0.741. The van der Waals surface area contributed by atoms with Crippen LogP contribution in [0, 0.1) is 0 Å². The van der Waals surface area contributed by atoms with Gasteiger partial charge < -0.3 is 4.98 Å². The fourth-order valence-corrected chi connectivity index (χ4v) is 1.36. The molecule has 1 heterocycles. The fraction of sp³-hybridized carbons (Fsp3) is 0.667. The highest BCUT2D eigenvalue weighted by atomic mass is 127. The van der Waals surface area contributed by atoms with Crippen molar-refractivity contribution in [2.24, 2.45) is 0 Å². The molecular formula is C9H17IN2. The van der Waals surface area contributed by atoms with Gasteiger partial charge in [-0.05, 0) is 12.8 Å². The Balaban J connectivity index is 0.000000211. The first-order chi connectivity index (χ1) is 5.81. The quantitative estimate of drug-likeness (QED) is 0.667. The molecule has 2 nitrogen and oxygen atoms in total. The van der Waals surface area contributed by atoms with Gasteiger partial charge in [-0.1, -0.05) is 42.9 Å². The molecule has 0 spiro atoms. The van der Waals surface area contributed by atoms with Crippen molar-refractivity contribution >= 4 is 22.6 Å². The highest BCUT2D eigenvalue weighted by molar-refractivity contribution is 14.1. The van der Waals surface area contributed by atoms with Gasteiger partial charge in [0.2, 0.25) is 0 Å². The fourth-order valence-electron chi connectivity index (χ4n) is 0.733. The molecule has 1 atom stereocenters. The Bertz CT molecular complexity index is 134. The summed E-state index contributed by atoms with van der Waals surface area (Å²) in [6.07, 6.45) is 9.13. The van der Waals surface area contributed by atoms with E-state index in [0.717, 1.165) is 3.92 Å². The lowest BCUT2D eigenvalue weighted by Gasteiger charge is -2.00. The van der Waals surface area contributed by atoms with Crippen molar-refractivity contribution in [2.45, 2.75) is 37.0 Å². The van der Waals surface area contributed by atoms with Gasteiger partial charge in [0.1, 0.15) is 0 Å². The Labute approximate surface area is 88.3 Å². The first kappa shape index (κ1) is 11.9. The number of rotatable bonds is 3. The summed E-state index contributed by atoms with van der Waals surface area (Å²) in [5, 5.41) is 0. The van der Waals surface area contributed by atoms with Crippen LogP contribution in [-0.2, 0) is 0 Å². The number of nitrogens with zero attached hydrogens (tertiary/aromatic N) is 1. The minimum Gasteiger partial charge on any atom is -0.351 e. The van der Waals surface area contributed by atoms with Crippen LogP contribution < -0.4 is 0 Å². The van der Waals surface area contributed by atoms with Crippen LogP contribution in [0.5, 0.6) is 0 Å². The predicted octanol–water partition coefficient (Wildman–Crippen LogP) is 3.41. The number of imidazole rings is 1. The van der Waals surface area contributed by atoms with Crippen LogP contribution in [0.25, 0.3) is 0 Å². The van der Waals surface area contributed by atoms with Gasteiger partial charge in [-0.3, -0.25) is 0 Å². The molecule has 0 aliphatic rings. The van der Waals surface area contributed by atoms with E-state index in [2.05, 4.69) is 46.4 Å². The maximum absolute atomic E-state index is 3.67. The molecule has 70 valence electrons. The van der Waals surface area contributed by atoms with Crippen molar-refractivity contribution in [2.75, 3.05) is 0 Å². The monoisotopic (exact) mass is 280 g/mol. The molecule has 1 aromatic heterocycles. The smallest absolute Gasteiger partial charge is 0.0919 e. The van der Waals surface area contributed by atoms with Crippen LogP contribution in [0.15, 0.2) is 18.7 Å². The summed E-state index contributed by atoms with van der Waals surface area (Å²) >= 11 is 2.51. The Morgan fingerprint density at radius 1 is 1.50 bits per heavy atom. The van der Waals surface area contributed by atoms with Gasteiger partial charge in [0.15, 0.2) is 0 Å². The van der Waals surface area contributed by atoms with Crippen LogP contribution in [0.3, 0.4) is 0 Å². The van der Waals surface area contributed by atoms with Crippen molar-refractivity contribution < 1.29 is 0 Å². The lowest BCUT2D eigenvalue weighted by atomic mass is 10.2. The summed E-state index contributed by atoms with van der Waals surface area (Å²) in [7, 11) is 0. The van der Waals surface area contributed by atoms with Crippen LogP contribution in [-0.4, -0.2) is 13.9 Å². The highest BCUT2D eigenvalue weighted by Crippen LogP contribution is 2.10. The zero-order valence-corrected chi connectivity index (χ0v) is 9.91. The summed E-state index contributed by atoms with van der Waals surface area (Å²) < 4.78 is 0.919. The zero-order valence-electron chi connectivity index (χ0n) is 7.76. The average Bonchev–Trinajstić information content (AvgIpc) is 2.62. The molecule has 0 fully saturated rings. The van der Waals surface area contributed by atoms with Crippen LogP contribution in [0.2, 0.25) is 0 Å². The molecule has 0 aliphatic carbocycles. The van der Waals surface area contributed by atoms with E-state index in [4.69, 9.17) is 0 Å². The topological polar surface area (TPSA) is 28.7 Å². The van der Waals surface area contributed by atoms with Gasteiger partial charge in [0.25, 0.3) is 0 Å². The number of aromatic amines is 1. The molecule has 0 radical (unpaired) electrons. The van der Waals surface area contributed by atoms with E-state index in [-0.39, 0.29) is 0 Å². The molecule has 0 amide bonds. The Kier molecular flexibility index (Phi) is 8.99. The van der Waals surface area contributed by atoms with E-state index < -0.39 is 0 Å². The number of hydrogen-bond acceptors (Lipinski definition) is 1. The molecule has 0 aliphatic heterocycles. The number of hydrogen-bond donors (Lipinski definition) is 1.